The third-order valence-corrected chi connectivity index (χ3v) is 4.74. The second-order valence-electron chi connectivity index (χ2n) is 6.05. The maximum absolute atomic E-state index is 12.1. The van der Waals surface area contributed by atoms with E-state index in [4.69, 9.17) is 0 Å². The maximum Gasteiger partial charge on any atom is 0.253 e. The number of rotatable bonds is 6. The minimum Gasteiger partial charge on any atom is -0.355 e. The lowest BCUT2D eigenvalue weighted by Gasteiger charge is -2.12. The highest BCUT2D eigenvalue weighted by Crippen LogP contribution is 2.16. The fourth-order valence-corrected chi connectivity index (χ4v) is 3.20. The van der Waals surface area contributed by atoms with Crippen LogP contribution in [-0.2, 0) is 4.79 Å². The topological polar surface area (TPSA) is 72.2 Å². The number of carbonyl (C=O) groups is 1. The quantitative estimate of drug-likeness (QED) is 0.689. The Morgan fingerprint density at radius 1 is 1.24 bits per heavy atom. The summed E-state index contributed by atoms with van der Waals surface area (Å²) in [6, 6.07) is 12.1. The predicted molar refractivity (Wildman–Crippen MR) is 98.8 cm³/mol. The SMILES string of the molecule is Cc1cc(C)n2nc(SCC(=O)NCC(C)c3ccccc3)nc2n1. The first kappa shape index (κ1) is 17.4. The Hall–Kier alpha value is -2.41. The van der Waals surface area contributed by atoms with Crippen LogP contribution in [0.2, 0.25) is 0 Å². The Balaban J connectivity index is 1.53. The summed E-state index contributed by atoms with van der Waals surface area (Å²) in [5.74, 6) is 1.11. The zero-order valence-corrected chi connectivity index (χ0v) is 15.4. The van der Waals surface area contributed by atoms with Crippen molar-refractivity contribution < 1.29 is 4.79 Å². The largest absolute Gasteiger partial charge is 0.355 e. The standard InChI is InChI=1S/C18H21N5OS/c1-12(15-7-5-4-6-8-15)10-19-16(24)11-25-18-21-17-20-13(2)9-14(3)23(17)22-18/h4-9,12H,10-11H2,1-3H3,(H,19,24). The van der Waals surface area contributed by atoms with Gasteiger partial charge in [0.05, 0.1) is 5.75 Å². The van der Waals surface area contributed by atoms with Crippen LogP contribution in [0.1, 0.15) is 29.8 Å². The van der Waals surface area contributed by atoms with Crippen LogP contribution in [0.5, 0.6) is 0 Å². The van der Waals surface area contributed by atoms with Crippen molar-refractivity contribution in [1.82, 2.24) is 24.9 Å². The number of aromatic nitrogens is 4. The van der Waals surface area contributed by atoms with Crippen molar-refractivity contribution in [2.75, 3.05) is 12.3 Å². The van der Waals surface area contributed by atoms with Gasteiger partial charge in [0.2, 0.25) is 11.1 Å². The molecule has 1 aromatic carbocycles. The van der Waals surface area contributed by atoms with E-state index in [1.165, 1.54) is 17.3 Å². The summed E-state index contributed by atoms with van der Waals surface area (Å²) >= 11 is 1.32. The zero-order chi connectivity index (χ0) is 17.8. The number of hydrogen-bond acceptors (Lipinski definition) is 5. The number of nitrogens with zero attached hydrogens (tertiary/aromatic N) is 4. The van der Waals surface area contributed by atoms with Gasteiger partial charge in [0.1, 0.15) is 0 Å². The van der Waals surface area contributed by atoms with Crippen molar-refractivity contribution in [2.24, 2.45) is 0 Å². The van der Waals surface area contributed by atoms with Gasteiger partial charge in [-0.25, -0.2) is 9.50 Å². The normalized spacial score (nSPS) is 12.3. The molecule has 1 unspecified atom stereocenters. The first-order chi connectivity index (χ1) is 12.0. The van der Waals surface area contributed by atoms with Gasteiger partial charge in [0.25, 0.3) is 5.78 Å². The number of amides is 1. The molecule has 1 N–H and O–H groups in total. The lowest BCUT2D eigenvalue weighted by atomic mass is 10.0. The third kappa shape index (κ3) is 4.36. The molecular formula is C18H21N5OS. The van der Waals surface area contributed by atoms with Crippen LogP contribution in [0.15, 0.2) is 41.6 Å². The molecule has 0 aliphatic rings. The summed E-state index contributed by atoms with van der Waals surface area (Å²) in [6.07, 6.45) is 0. The molecule has 2 heterocycles. The van der Waals surface area contributed by atoms with Crippen LogP contribution in [0.25, 0.3) is 5.78 Å². The average molecular weight is 355 g/mol. The van der Waals surface area contributed by atoms with Crippen molar-refractivity contribution in [3.05, 3.63) is 53.3 Å². The second kappa shape index (κ2) is 7.65. The van der Waals surface area contributed by atoms with Gasteiger partial charge in [-0.2, -0.15) is 4.98 Å². The molecule has 6 nitrogen and oxygen atoms in total. The zero-order valence-electron chi connectivity index (χ0n) is 14.6. The molecule has 0 radical (unpaired) electrons. The van der Waals surface area contributed by atoms with Gasteiger partial charge in [-0.3, -0.25) is 4.79 Å². The van der Waals surface area contributed by atoms with E-state index >= 15 is 0 Å². The fourth-order valence-electron chi connectivity index (χ4n) is 2.56. The highest BCUT2D eigenvalue weighted by atomic mass is 32.2. The molecule has 0 bridgehead atoms. The molecule has 130 valence electrons. The molecule has 1 atom stereocenters. The number of nitrogens with one attached hydrogen (secondary N) is 1. The second-order valence-corrected chi connectivity index (χ2v) is 6.99. The predicted octanol–water partition coefficient (Wildman–Crippen LogP) is 2.75. The highest BCUT2D eigenvalue weighted by molar-refractivity contribution is 7.99. The molecule has 3 aromatic rings. The molecule has 3 rings (SSSR count). The Labute approximate surface area is 151 Å². The number of benzene rings is 1. The van der Waals surface area contributed by atoms with Crippen molar-refractivity contribution >= 4 is 23.4 Å². The molecular weight excluding hydrogens is 334 g/mol. The van der Waals surface area contributed by atoms with Gasteiger partial charge in [-0.05, 0) is 31.4 Å². The lowest BCUT2D eigenvalue weighted by Crippen LogP contribution is -2.29. The van der Waals surface area contributed by atoms with Gasteiger partial charge in [-0.1, -0.05) is 49.0 Å². The van der Waals surface area contributed by atoms with Crippen molar-refractivity contribution in [1.29, 1.82) is 0 Å². The molecule has 0 aliphatic heterocycles. The van der Waals surface area contributed by atoms with Crippen molar-refractivity contribution in [3.8, 4) is 0 Å². The molecule has 2 aromatic heterocycles. The van der Waals surface area contributed by atoms with E-state index in [2.05, 4.69) is 39.4 Å². The molecule has 0 saturated heterocycles. The van der Waals surface area contributed by atoms with Gasteiger partial charge < -0.3 is 5.32 Å². The van der Waals surface area contributed by atoms with E-state index < -0.39 is 0 Å². The summed E-state index contributed by atoms with van der Waals surface area (Å²) < 4.78 is 1.70. The van der Waals surface area contributed by atoms with Crippen LogP contribution in [-0.4, -0.2) is 37.8 Å². The van der Waals surface area contributed by atoms with Gasteiger partial charge in [0.15, 0.2) is 0 Å². The molecule has 7 heteroatoms. The smallest absolute Gasteiger partial charge is 0.253 e. The van der Waals surface area contributed by atoms with Crippen molar-refractivity contribution in [2.45, 2.75) is 31.8 Å². The van der Waals surface area contributed by atoms with Gasteiger partial charge >= 0.3 is 0 Å². The first-order valence-electron chi connectivity index (χ1n) is 8.18. The number of fused-ring (bicyclic) bond motifs is 1. The van der Waals surface area contributed by atoms with E-state index in [-0.39, 0.29) is 17.6 Å². The molecule has 25 heavy (non-hydrogen) atoms. The molecule has 0 saturated carbocycles. The van der Waals surface area contributed by atoms with Crippen LogP contribution in [0.4, 0.5) is 0 Å². The third-order valence-electron chi connectivity index (χ3n) is 3.91. The lowest BCUT2D eigenvalue weighted by molar-refractivity contribution is -0.118. The Morgan fingerprint density at radius 2 is 2.00 bits per heavy atom. The number of aryl methyl sites for hydroxylation is 2. The molecule has 1 amide bonds. The number of hydrogen-bond donors (Lipinski definition) is 1. The van der Waals surface area contributed by atoms with E-state index in [0.29, 0.717) is 17.5 Å². The summed E-state index contributed by atoms with van der Waals surface area (Å²) in [4.78, 5) is 20.8. The van der Waals surface area contributed by atoms with E-state index in [9.17, 15) is 4.79 Å². The minimum absolute atomic E-state index is 0.0208. The minimum atomic E-state index is -0.0208. The number of thioether (sulfide) groups is 1. The molecule has 0 fully saturated rings. The van der Waals surface area contributed by atoms with Crippen LogP contribution in [0.3, 0.4) is 0 Å². The van der Waals surface area contributed by atoms with E-state index in [0.717, 1.165) is 11.4 Å². The summed E-state index contributed by atoms with van der Waals surface area (Å²) in [6.45, 7) is 6.60. The van der Waals surface area contributed by atoms with E-state index in [1.54, 1.807) is 4.52 Å². The number of carbonyl (C=O) groups excluding carboxylic acids is 1. The summed E-state index contributed by atoms with van der Waals surface area (Å²) in [5.41, 5.74) is 3.10. The fraction of sp³-hybridized carbons (Fsp3) is 0.333. The first-order valence-corrected chi connectivity index (χ1v) is 9.17. The Morgan fingerprint density at radius 3 is 2.76 bits per heavy atom. The summed E-state index contributed by atoms with van der Waals surface area (Å²) in [7, 11) is 0. The van der Waals surface area contributed by atoms with Crippen LogP contribution >= 0.6 is 11.8 Å². The summed E-state index contributed by atoms with van der Waals surface area (Å²) in [5, 5.41) is 7.92. The average Bonchev–Trinajstić information content (AvgIpc) is 3.02. The molecule has 0 spiro atoms. The highest BCUT2D eigenvalue weighted by Gasteiger charge is 2.11. The van der Waals surface area contributed by atoms with Crippen LogP contribution < -0.4 is 5.32 Å². The Bertz CT molecular complexity index is 878. The van der Waals surface area contributed by atoms with Crippen LogP contribution in [0, 0.1) is 13.8 Å². The monoisotopic (exact) mass is 355 g/mol. The van der Waals surface area contributed by atoms with Crippen molar-refractivity contribution in [3.63, 3.8) is 0 Å². The Kier molecular flexibility index (Phi) is 5.33. The molecule has 0 aliphatic carbocycles. The van der Waals surface area contributed by atoms with Gasteiger partial charge in [-0.15, -0.1) is 5.10 Å². The maximum atomic E-state index is 12.1. The van der Waals surface area contributed by atoms with E-state index in [1.807, 2.05) is 38.1 Å². The van der Waals surface area contributed by atoms with Gasteiger partial charge in [0, 0.05) is 17.9 Å².